The number of hydrogen-bond donors (Lipinski definition) is 2. The molecule has 0 fully saturated rings. The van der Waals surface area contributed by atoms with Gasteiger partial charge in [0.25, 0.3) is 5.91 Å². The Morgan fingerprint density at radius 1 is 1.50 bits per heavy atom. The van der Waals surface area contributed by atoms with Crippen LogP contribution in [0.15, 0.2) is 35.1 Å². The van der Waals surface area contributed by atoms with E-state index in [9.17, 15) is 14.3 Å². The standard InChI is InChI=1S/C20H19ClFN5O3/c1-11(9-24-18(28)17-10-30-19(25-17)20(2,3)29)27-5-4-16(26-27)12-6-14(21)13(8-23)15(22)7-12/h4-7,10-11,29H,9H2,1-3H3,(H,24,28)/t11-/m1/s1. The van der Waals surface area contributed by atoms with E-state index < -0.39 is 17.3 Å². The summed E-state index contributed by atoms with van der Waals surface area (Å²) in [4.78, 5) is 16.2. The molecule has 0 aliphatic carbocycles. The van der Waals surface area contributed by atoms with Crippen LogP contribution in [0, 0.1) is 17.1 Å². The van der Waals surface area contributed by atoms with Crippen LogP contribution in [0.5, 0.6) is 0 Å². The van der Waals surface area contributed by atoms with Crippen LogP contribution in [0.4, 0.5) is 4.39 Å². The molecule has 30 heavy (non-hydrogen) atoms. The second-order valence-corrected chi connectivity index (χ2v) is 7.67. The quantitative estimate of drug-likeness (QED) is 0.617. The monoisotopic (exact) mass is 431 g/mol. The van der Waals surface area contributed by atoms with E-state index in [4.69, 9.17) is 21.3 Å². The van der Waals surface area contributed by atoms with Crippen LogP contribution in [-0.2, 0) is 5.60 Å². The summed E-state index contributed by atoms with van der Waals surface area (Å²) in [5.74, 6) is -1.12. The smallest absolute Gasteiger partial charge is 0.273 e. The summed E-state index contributed by atoms with van der Waals surface area (Å²) in [5.41, 5.74) is -0.525. The molecule has 1 aromatic carbocycles. The first-order valence-electron chi connectivity index (χ1n) is 9.01. The Bertz CT molecular complexity index is 1100. The highest BCUT2D eigenvalue weighted by atomic mass is 35.5. The average Bonchev–Trinajstić information content (AvgIpc) is 3.35. The van der Waals surface area contributed by atoms with E-state index in [1.54, 1.807) is 23.0 Å². The largest absolute Gasteiger partial charge is 0.445 e. The van der Waals surface area contributed by atoms with Crippen LogP contribution in [0.1, 0.15) is 48.8 Å². The minimum Gasteiger partial charge on any atom is -0.445 e. The highest BCUT2D eigenvalue weighted by molar-refractivity contribution is 6.32. The van der Waals surface area contributed by atoms with E-state index in [1.807, 2.05) is 6.92 Å². The molecule has 3 aromatic rings. The Morgan fingerprint density at radius 3 is 2.83 bits per heavy atom. The molecule has 2 aromatic heterocycles. The van der Waals surface area contributed by atoms with Crippen molar-refractivity contribution < 1.29 is 18.7 Å². The lowest BCUT2D eigenvalue weighted by Gasteiger charge is -2.13. The average molecular weight is 432 g/mol. The Hall–Kier alpha value is -3.22. The van der Waals surface area contributed by atoms with Gasteiger partial charge in [-0.15, -0.1) is 0 Å². The van der Waals surface area contributed by atoms with Crippen molar-refractivity contribution in [2.24, 2.45) is 0 Å². The Morgan fingerprint density at radius 2 is 2.23 bits per heavy atom. The fourth-order valence-electron chi connectivity index (χ4n) is 2.65. The molecule has 0 spiro atoms. The summed E-state index contributed by atoms with van der Waals surface area (Å²) in [6, 6.07) is 5.86. The summed E-state index contributed by atoms with van der Waals surface area (Å²) < 4.78 is 20.7. The van der Waals surface area contributed by atoms with Gasteiger partial charge in [0.15, 0.2) is 5.69 Å². The zero-order valence-electron chi connectivity index (χ0n) is 16.5. The predicted molar refractivity (Wildman–Crippen MR) is 106 cm³/mol. The van der Waals surface area contributed by atoms with Crippen molar-refractivity contribution in [3.05, 3.63) is 58.6 Å². The van der Waals surface area contributed by atoms with Crippen molar-refractivity contribution in [1.29, 1.82) is 5.26 Å². The van der Waals surface area contributed by atoms with Crippen molar-refractivity contribution in [2.75, 3.05) is 6.54 Å². The number of nitrogens with zero attached hydrogens (tertiary/aromatic N) is 4. The van der Waals surface area contributed by atoms with Gasteiger partial charge in [0.2, 0.25) is 5.89 Å². The first kappa shape index (κ1) is 21.5. The van der Waals surface area contributed by atoms with E-state index in [0.29, 0.717) is 11.3 Å². The highest BCUT2D eigenvalue weighted by Gasteiger charge is 2.24. The number of amides is 1. The highest BCUT2D eigenvalue weighted by Crippen LogP contribution is 2.27. The maximum absolute atomic E-state index is 14.0. The topological polar surface area (TPSA) is 117 Å². The molecule has 156 valence electrons. The SMILES string of the molecule is C[C@H](CNC(=O)c1coc(C(C)(C)O)n1)n1ccc(-c2cc(F)c(C#N)c(Cl)c2)n1. The molecule has 10 heteroatoms. The summed E-state index contributed by atoms with van der Waals surface area (Å²) in [6.07, 6.45) is 2.88. The predicted octanol–water partition coefficient (Wildman–Crippen LogP) is 3.42. The van der Waals surface area contributed by atoms with E-state index in [0.717, 1.165) is 0 Å². The first-order valence-corrected chi connectivity index (χ1v) is 9.39. The molecule has 0 bridgehead atoms. The number of hydrogen-bond acceptors (Lipinski definition) is 6. The molecule has 3 rings (SSSR count). The molecule has 2 heterocycles. The Balaban J connectivity index is 1.67. The van der Waals surface area contributed by atoms with Gasteiger partial charge in [-0.2, -0.15) is 10.4 Å². The zero-order chi connectivity index (χ0) is 22.1. The molecular weight excluding hydrogens is 413 g/mol. The molecule has 0 aliphatic heterocycles. The van der Waals surface area contributed by atoms with Gasteiger partial charge in [0, 0.05) is 18.3 Å². The van der Waals surface area contributed by atoms with Crippen molar-refractivity contribution in [3.63, 3.8) is 0 Å². The lowest BCUT2D eigenvalue weighted by molar-refractivity contribution is 0.0483. The van der Waals surface area contributed by atoms with Gasteiger partial charge in [-0.3, -0.25) is 9.48 Å². The number of carbonyl (C=O) groups is 1. The maximum atomic E-state index is 14.0. The number of nitriles is 1. The normalized spacial score (nSPS) is 12.4. The number of rotatable bonds is 6. The number of carbonyl (C=O) groups excluding carboxylic acids is 1. The number of oxazole rings is 1. The number of halogens is 2. The molecule has 0 unspecified atom stereocenters. The van der Waals surface area contributed by atoms with Gasteiger partial charge < -0.3 is 14.8 Å². The molecule has 0 aliphatic rings. The third-order valence-corrected chi connectivity index (χ3v) is 4.63. The molecule has 0 saturated carbocycles. The molecular formula is C20H19ClFN5O3. The molecule has 0 radical (unpaired) electrons. The van der Waals surface area contributed by atoms with E-state index in [-0.39, 0.29) is 34.8 Å². The van der Waals surface area contributed by atoms with Crippen LogP contribution >= 0.6 is 11.6 Å². The summed E-state index contributed by atoms with van der Waals surface area (Å²) in [6.45, 7) is 5.09. The van der Waals surface area contributed by atoms with Gasteiger partial charge in [-0.25, -0.2) is 9.37 Å². The number of benzene rings is 1. The van der Waals surface area contributed by atoms with Crippen molar-refractivity contribution in [3.8, 4) is 17.3 Å². The van der Waals surface area contributed by atoms with Gasteiger partial charge in [0.05, 0.1) is 16.8 Å². The number of aromatic nitrogens is 3. The van der Waals surface area contributed by atoms with Crippen LogP contribution in [-0.4, -0.2) is 32.3 Å². The van der Waals surface area contributed by atoms with Gasteiger partial charge in [0.1, 0.15) is 29.3 Å². The summed E-state index contributed by atoms with van der Waals surface area (Å²) in [7, 11) is 0. The molecule has 1 amide bonds. The van der Waals surface area contributed by atoms with Crippen molar-refractivity contribution in [2.45, 2.75) is 32.4 Å². The van der Waals surface area contributed by atoms with Gasteiger partial charge in [-0.05, 0) is 39.0 Å². The Kier molecular flexibility index (Phi) is 5.92. The van der Waals surface area contributed by atoms with Crippen LogP contribution in [0.3, 0.4) is 0 Å². The van der Waals surface area contributed by atoms with Gasteiger partial charge in [-0.1, -0.05) is 11.6 Å². The zero-order valence-corrected chi connectivity index (χ0v) is 17.2. The third-order valence-electron chi connectivity index (χ3n) is 4.33. The minimum atomic E-state index is -1.29. The minimum absolute atomic E-state index is 0.0143. The van der Waals surface area contributed by atoms with Gasteiger partial charge >= 0.3 is 0 Å². The fraction of sp³-hybridized carbons (Fsp3) is 0.300. The summed E-state index contributed by atoms with van der Waals surface area (Å²) in [5, 5.41) is 25.9. The molecule has 0 saturated heterocycles. The second-order valence-electron chi connectivity index (χ2n) is 7.26. The van der Waals surface area contributed by atoms with E-state index in [1.165, 1.54) is 32.2 Å². The first-order chi connectivity index (χ1) is 14.1. The Labute approximate surface area is 176 Å². The van der Waals surface area contributed by atoms with E-state index >= 15 is 0 Å². The molecule has 8 nitrogen and oxygen atoms in total. The molecule has 1 atom stereocenters. The number of aliphatic hydroxyl groups is 1. The van der Waals surface area contributed by atoms with Crippen molar-refractivity contribution >= 4 is 17.5 Å². The van der Waals surface area contributed by atoms with Crippen molar-refractivity contribution in [1.82, 2.24) is 20.1 Å². The van der Waals surface area contributed by atoms with Crippen LogP contribution < -0.4 is 5.32 Å². The maximum Gasteiger partial charge on any atom is 0.273 e. The summed E-state index contributed by atoms with van der Waals surface area (Å²) >= 11 is 5.95. The van der Waals surface area contributed by atoms with Crippen LogP contribution in [0.2, 0.25) is 5.02 Å². The lowest BCUT2D eigenvalue weighted by Crippen LogP contribution is -2.30. The third kappa shape index (κ3) is 4.50. The second kappa shape index (κ2) is 8.26. The van der Waals surface area contributed by atoms with E-state index in [2.05, 4.69) is 15.4 Å². The lowest BCUT2D eigenvalue weighted by atomic mass is 10.1. The van der Waals surface area contributed by atoms with Crippen LogP contribution in [0.25, 0.3) is 11.3 Å². The fourth-order valence-corrected chi connectivity index (χ4v) is 2.90. The number of nitrogens with one attached hydrogen (secondary N) is 1. The molecule has 2 N–H and O–H groups in total.